The third kappa shape index (κ3) is 1.58. The van der Waals surface area contributed by atoms with Crippen LogP contribution < -0.4 is 0 Å². The quantitative estimate of drug-likeness (QED) is 0.562. The fourth-order valence-corrected chi connectivity index (χ4v) is 3.59. The Morgan fingerprint density at radius 1 is 1.36 bits per heavy atom. The molecule has 2 nitrogen and oxygen atoms in total. The highest BCUT2D eigenvalue weighted by Gasteiger charge is 2.38. The van der Waals surface area contributed by atoms with Crippen LogP contribution in [0.1, 0.15) is 33.6 Å². The van der Waals surface area contributed by atoms with Gasteiger partial charge in [-0.3, -0.25) is 0 Å². The Morgan fingerprint density at radius 3 is 2.27 bits per heavy atom. The van der Waals surface area contributed by atoms with Crippen LogP contribution in [0.5, 0.6) is 0 Å². The summed E-state index contributed by atoms with van der Waals surface area (Å²) in [5.41, 5.74) is -0.0168. The van der Waals surface area contributed by atoms with Gasteiger partial charge in [0.15, 0.2) is 9.84 Å². The van der Waals surface area contributed by atoms with E-state index in [4.69, 9.17) is 0 Å². The van der Waals surface area contributed by atoms with Gasteiger partial charge in [0.05, 0.1) is 11.0 Å². The van der Waals surface area contributed by atoms with Gasteiger partial charge in [-0.2, -0.15) is 0 Å². The molecule has 1 heterocycles. The summed E-state index contributed by atoms with van der Waals surface area (Å²) in [6.07, 6.45) is 1.87. The largest absolute Gasteiger partial charge is 0.229 e. The van der Waals surface area contributed by atoms with E-state index in [1.807, 2.05) is 20.8 Å². The van der Waals surface area contributed by atoms with Gasteiger partial charge in [-0.15, -0.1) is 0 Å². The molecule has 66 valence electrons. The Morgan fingerprint density at radius 2 is 1.91 bits per heavy atom. The van der Waals surface area contributed by atoms with Crippen molar-refractivity contribution in [2.75, 3.05) is 5.75 Å². The summed E-state index contributed by atoms with van der Waals surface area (Å²) in [4.78, 5) is 0. The fourth-order valence-electron chi connectivity index (χ4n) is 1.60. The van der Waals surface area contributed by atoms with Crippen molar-refractivity contribution in [3.8, 4) is 0 Å². The van der Waals surface area contributed by atoms with Crippen LogP contribution in [0.15, 0.2) is 0 Å². The number of sulfone groups is 1. The Balaban J connectivity index is 2.94. The van der Waals surface area contributed by atoms with Crippen molar-refractivity contribution in [1.82, 2.24) is 0 Å². The van der Waals surface area contributed by atoms with Crippen LogP contribution in [0.2, 0.25) is 0 Å². The molecule has 0 radical (unpaired) electrons. The maximum absolute atomic E-state index is 11.4. The molecule has 1 unspecified atom stereocenters. The molecular weight excluding hydrogens is 160 g/mol. The second-order valence-electron chi connectivity index (χ2n) is 4.10. The normalized spacial score (nSPS) is 35.0. The smallest absolute Gasteiger partial charge is 0.153 e. The molecule has 0 aliphatic carbocycles. The van der Waals surface area contributed by atoms with Gasteiger partial charge in [0.25, 0.3) is 0 Å². The van der Waals surface area contributed by atoms with Gasteiger partial charge in [-0.1, -0.05) is 13.8 Å². The van der Waals surface area contributed by atoms with E-state index in [-0.39, 0.29) is 10.7 Å². The molecule has 0 saturated carbocycles. The summed E-state index contributed by atoms with van der Waals surface area (Å²) in [7, 11) is -2.77. The monoisotopic (exact) mass is 176 g/mol. The van der Waals surface area contributed by atoms with Crippen LogP contribution in [0.25, 0.3) is 0 Å². The molecule has 0 aromatic carbocycles. The van der Waals surface area contributed by atoms with E-state index in [0.29, 0.717) is 5.75 Å². The van der Waals surface area contributed by atoms with Crippen molar-refractivity contribution >= 4 is 9.84 Å². The second kappa shape index (κ2) is 2.47. The molecule has 0 spiro atoms. The van der Waals surface area contributed by atoms with Crippen LogP contribution in [-0.4, -0.2) is 19.4 Å². The SMILES string of the molecule is CC1C(C)(C)CCCS1(=O)=O. The zero-order valence-electron chi connectivity index (χ0n) is 7.42. The van der Waals surface area contributed by atoms with Crippen molar-refractivity contribution in [3.05, 3.63) is 0 Å². The molecule has 0 N–H and O–H groups in total. The van der Waals surface area contributed by atoms with Crippen molar-refractivity contribution in [3.63, 3.8) is 0 Å². The average molecular weight is 176 g/mol. The highest BCUT2D eigenvalue weighted by molar-refractivity contribution is 7.92. The lowest BCUT2D eigenvalue weighted by atomic mass is 9.84. The molecule has 1 aliphatic heterocycles. The van der Waals surface area contributed by atoms with E-state index in [0.717, 1.165) is 12.8 Å². The lowest BCUT2D eigenvalue weighted by Gasteiger charge is -2.35. The third-order valence-electron chi connectivity index (χ3n) is 2.89. The number of rotatable bonds is 0. The third-order valence-corrected chi connectivity index (χ3v) is 5.46. The van der Waals surface area contributed by atoms with Crippen LogP contribution in [0, 0.1) is 5.41 Å². The van der Waals surface area contributed by atoms with Crippen molar-refractivity contribution in [1.29, 1.82) is 0 Å². The minimum atomic E-state index is -2.77. The van der Waals surface area contributed by atoms with Crippen LogP contribution in [0.4, 0.5) is 0 Å². The Hall–Kier alpha value is -0.0500. The average Bonchev–Trinajstić information content (AvgIpc) is 1.82. The first-order valence-corrected chi connectivity index (χ1v) is 5.79. The summed E-state index contributed by atoms with van der Waals surface area (Å²) in [5.74, 6) is 0.387. The van der Waals surface area contributed by atoms with Gasteiger partial charge in [0, 0.05) is 0 Å². The van der Waals surface area contributed by atoms with Gasteiger partial charge < -0.3 is 0 Å². The minimum Gasteiger partial charge on any atom is -0.229 e. The van der Waals surface area contributed by atoms with Crippen molar-refractivity contribution < 1.29 is 8.42 Å². The van der Waals surface area contributed by atoms with Gasteiger partial charge >= 0.3 is 0 Å². The zero-order valence-corrected chi connectivity index (χ0v) is 8.24. The van der Waals surface area contributed by atoms with E-state index >= 15 is 0 Å². The predicted octanol–water partition coefficient (Wildman–Crippen LogP) is 1.61. The summed E-state index contributed by atoms with van der Waals surface area (Å²) in [6, 6.07) is 0. The number of hydrogen-bond donors (Lipinski definition) is 0. The van der Waals surface area contributed by atoms with E-state index in [1.165, 1.54) is 0 Å². The van der Waals surface area contributed by atoms with Crippen LogP contribution >= 0.6 is 0 Å². The lowest BCUT2D eigenvalue weighted by Crippen LogP contribution is -2.39. The van der Waals surface area contributed by atoms with Crippen molar-refractivity contribution in [2.24, 2.45) is 5.41 Å². The molecule has 3 heteroatoms. The van der Waals surface area contributed by atoms with Crippen LogP contribution in [0.3, 0.4) is 0 Å². The Kier molecular flexibility index (Phi) is 2.03. The Labute approximate surface area is 68.9 Å². The summed E-state index contributed by atoms with van der Waals surface area (Å²) in [5, 5.41) is -0.163. The first-order chi connectivity index (χ1) is 4.86. The van der Waals surface area contributed by atoms with Gasteiger partial charge in [-0.25, -0.2) is 8.42 Å². The molecule has 1 saturated heterocycles. The molecule has 0 aromatic heterocycles. The topological polar surface area (TPSA) is 34.1 Å². The molecule has 1 atom stereocenters. The minimum absolute atomic E-state index is 0.0168. The summed E-state index contributed by atoms with van der Waals surface area (Å²) in [6.45, 7) is 5.90. The predicted molar refractivity (Wildman–Crippen MR) is 46.3 cm³/mol. The highest BCUT2D eigenvalue weighted by Crippen LogP contribution is 2.36. The summed E-state index contributed by atoms with van der Waals surface area (Å²) >= 11 is 0. The molecule has 1 rings (SSSR count). The maximum Gasteiger partial charge on any atom is 0.153 e. The Bertz CT molecular complexity index is 239. The zero-order chi connectivity index (χ0) is 8.70. The summed E-state index contributed by atoms with van der Waals surface area (Å²) < 4.78 is 22.8. The molecule has 0 aromatic rings. The van der Waals surface area contributed by atoms with Gasteiger partial charge in [-0.05, 0) is 25.2 Å². The molecule has 0 amide bonds. The first kappa shape index (κ1) is 9.04. The van der Waals surface area contributed by atoms with E-state index in [9.17, 15) is 8.42 Å². The maximum atomic E-state index is 11.4. The van der Waals surface area contributed by atoms with Crippen LogP contribution in [-0.2, 0) is 9.84 Å². The van der Waals surface area contributed by atoms with Gasteiger partial charge in [0.1, 0.15) is 0 Å². The van der Waals surface area contributed by atoms with E-state index in [1.54, 1.807) is 0 Å². The van der Waals surface area contributed by atoms with Crippen molar-refractivity contribution in [2.45, 2.75) is 38.9 Å². The molecule has 1 aliphatic rings. The molecule has 11 heavy (non-hydrogen) atoms. The number of hydrogen-bond acceptors (Lipinski definition) is 2. The standard InChI is InChI=1S/C8H16O2S/c1-7-8(2,3)5-4-6-11(7,9)10/h7H,4-6H2,1-3H3. The van der Waals surface area contributed by atoms with E-state index in [2.05, 4.69) is 0 Å². The molecule has 1 fully saturated rings. The lowest BCUT2D eigenvalue weighted by molar-refractivity contribution is 0.304. The van der Waals surface area contributed by atoms with E-state index < -0.39 is 9.84 Å². The molecular formula is C8H16O2S. The highest BCUT2D eigenvalue weighted by atomic mass is 32.2. The van der Waals surface area contributed by atoms with Gasteiger partial charge in [0.2, 0.25) is 0 Å². The molecule has 0 bridgehead atoms. The fraction of sp³-hybridized carbons (Fsp3) is 1.00. The second-order valence-corrected chi connectivity index (χ2v) is 6.54. The first-order valence-electron chi connectivity index (χ1n) is 4.08.